The number of piperidine rings is 1. The summed E-state index contributed by atoms with van der Waals surface area (Å²) in [6.07, 6.45) is 3.65. The van der Waals surface area contributed by atoms with Crippen LogP contribution in [0.1, 0.15) is 24.8 Å². The number of likely N-dealkylation sites (tertiary alicyclic amines) is 1. The van der Waals surface area contributed by atoms with Gasteiger partial charge >= 0.3 is 0 Å². The van der Waals surface area contributed by atoms with Crippen molar-refractivity contribution in [3.8, 4) is 6.07 Å². The second-order valence-electron chi connectivity index (χ2n) is 5.46. The van der Waals surface area contributed by atoms with Crippen molar-refractivity contribution in [1.82, 2.24) is 9.62 Å². The van der Waals surface area contributed by atoms with Gasteiger partial charge in [-0.1, -0.05) is 18.6 Å². The summed E-state index contributed by atoms with van der Waals surface area (Å²) in [6, 6.07) is 8.79. The van der Waals surface area contributed by atoms with E-state index in [0.717, 1.165) is 24.9 Å². The van der Waals surface area contributed by atoms with E-state index in [0.29, 0.717) is 13.0 Å². The largest absolute Gasteiger partial charge is 0.302 e. The topological polar surface area (TPSA) is 73.2 Å². The number of nitrogens with zero attached hydrogens (tertiary/aromatic N) is 2. The SMILES string of the molecule is CN1CCCCC1CNS(=O)(=O)c1ccc(CC#N)cc1. The second kappa shape index (κ2) is 7.03. The van der Waals surface area contributed by atoms with Crippen LogP contribution in [0.25, 0.3) is 0 Å². The Morgan fingerprint density at radius 2 is 2.05 bits per heavy atom. The first kappa shape index (κ1) is 16.0. The van der Waals surface area contributed by atoms with Crippen molar-refractivity contribution in [3.63, 3.8) is 0 Å². The number of hydrogen-bond donors (Lipinski definition) is 1. The third-order valence-corrected chi connectivity index (χ3v) is 5.39. The minimum atomic E-state index is -3.47. The van der Waals surface area contributed by atoms with E-state index >= 15 is 0 Å². The lowest BCUT2D eigenvalue weighted by atomic mass is 10.0. The summed E-state index contributed by atoms with van der Waals surface area (Å²) in [5.41, 5.74) is 0.823. The Hall–Kier alpha value is -1.42. The second-order valence-corrected chi connectivity index (χ2v) is 7.23. The van der Waals surface area contributed by atoms with Gasteiger partial charge in [-0.2, -0.15) is 5.26 Å². The Labute approximate surface area is 126 Å². The molecule has 21 heavy (non-hydrogen) atoms. The molecule has 114 valence electrons. The molecule has 1 aliphatic heterocycles. The molecule has 1 heterocycles. The zero-order chi connectivity index (χ0) is 15.3. The van der Waals surface area contributed by atoms with Gasteiger partial charge in [-0.25, -0.2) is 13.1 Å². The van der Waals surface area contributed by atoms with Crippen LogP contribution >= 0.6 is 0 Å². The van der Waals surface area contributed by atoms with Crippen molar-refractivity contribution >= 4 is 10.0 Å². The number of likely N-dealkylation sites (N-methyl/N-ethyl adjacent to an activating group) is 1. The molecule has 1 aliphatic rings. The molecule has 1 saturated heterocycles. The van der Waals surface area contributed by atoms with Gasteiger partial charge in [-0.05, 0) is 44.1 Å². The lowest BCUT2D eigenvalue weighted by Crippen LogP contribution is -2.44. The van der Waals surface area contributed by atoms with Crippen LogP contribution in [0.4, 0.5) is 0 Å². The lowest BCUT2D eigenvalue weighted by Gasteiger charge is -2.32. The number of benzene rings is 1. The molecule has 1 fully saturated rings. The highest BCUT2D eigenvalue weighted by atomic mass is 32.2. The Kier molecular flexibility index (Phi) is 5.34. The molecule has 0 spiro atoms. The highest BCUT2D eigenvalue weighted by molar-refractivity contribution is 7.89. The van der Waals surface area contributed by atoms with Gasteiger partial charge in [-0.15, -0.1) is 0 Å². The number of nitrogens with one attached hydrogen (secondary N) is 1. The van der Waals surface area contributed by atoms with Crippen LogP contribution in [0.15, 0.2) is 29.2 Å². The lowest BCUT2D eigenvalue weighted by molar-refractivity contribution is 0.187. The van der Waals surface area contributed by atoms with Crippen LogP contribution in [0.5, 0.6) is 0 Å². The van der Waals surface area contributed by atoms with Gasteiger partial charge in [0, 0.05) is 12.6 Å². The summed E-state index contributed by atoms with van der Waals surface area (Å²) in [5, 5.41) is 8.62. The number of sulfonamides is 1. The van der Waals surface area contributed by atoms with Gasteiger partial charge in [0.15, 0.2) is 0 Å². The van der Waals surface area contributed by atoms with Gasteiger partial charge in [0.25, 0.3) is 0 Å². The maximum atomic E-state index is 12.3. The van der Waals surface area contributed by atoms with Gasteiger partial charge in [0.1, 0.15) is 0 Å². The molecule has 1 aromatic rings. The average molecular weight is 307 g/mol. The summed E-state index contributed by atoms with van der Waals surface area (Å²) in [4.78, 5) is 2.46. The maximum absolute atomic E-state index is 12.3. The van der Waals surface area contributed by atoms with Crippen LogP contribution in [0, 0.1) is 11.3 Å². The van der Waals surface area contributed by atoms with Gasteiger partial charge < -0.3 is 4.90 Å². The molecular formula is C15H21N3O2S. The quantitative estimate of drug-likeness (QED) is 0.895. The summed E-state index contributed by atoms with van der Waals surface area (Å²) in [6.45, 7) is 1.47. The van der Waals surface area contributed by atoms with Crippen LogP contribution < -0.4 is 4.72 Å². The summed E-state index contributed by atoms with van der Waals surface area (Å²) >= 11 is 0. The summed E-state index contributed by atoms with van der Waals surface area (Å²) in [7, 11) is -1.44. The van der Waals surface area contributed by atoms with E-state index in [-0.39, 0.29) is 10.9 Å². The van der Waals surface area contributed by atoms with E-state index in [1.54, 1.807) is 24.3 Å². The van der Waals surface area contributed by atoms with Crippen molar-refractivity contribution in [3.05, 3.63) is 29.8 Å². The molecule has 0 aliphatic carbocycles. The molecular weight excluding hydrogens is 286 g/mol. The molecule has 1 N–H and O–H groups in total. The molecule has 0 amide bonds. The van der Waals surface area contributed by atoms with Crippen molar-refractivity contribution in [2.24, 2.45) is 0 Å². The van der Waals surface area contributed by atoms with Gasteiger partial charge in [-0.3, -0.25) is 0 Å². The molecule has 0 aromatic heterocycles. The molecule has 0 bridgehead atoms. The van der Waals surface area contributed by atoms with E-state index < -0.39 is 10.0 Å². The summed E-state index contributed by atoms with van der Waals surface area (Å²) < 4.78 is 27.2. The molecule has 1 aromatic carbocycles. The molecule has 1 unspecified atom stereocenters. The third-order valence-electron chi connectivity index (χ3n) is 3.95. The monoisotopic (exact) mass is 307 g/mol. The van der Waals surface area contributed by atoms with Crippen LogP contribution in [-0.4, -0.2) is 39.5 Å². The fraction of sp³-hybridized carbons (Fsp3) is 0.533. The van der Waals surface area contributed by atoms with E-state index in [1.165, 1.54) is 6.42 Å². The fourth-order valence-electron chi connectivity index (χ4n) is 2.57. The Bertz CT molecular complexity index is 605. The van der Waals surface area contributed by atoms with Crippen molar-refractivity contribution < 1.29 is 8.42 Å². The van der Waals surface area contributed by atoms with E-state index in [4.69, 9.17) is 5.26 Å². The Balaban J connectivity index is 1.99. The molecule has 1 atom stereocenters. The Morgan fingerprint density at radius 1 is 1.33 bits per heavy atom. The molecule has 6 heteroatoms. The minimum Gasteiger partial charge on any atom is -0.302 e. The average Bonchev–Trinajstić information content (AvgIpc) is 2.47. The van der Waals surface area contributed by atoms with E-state index in [9.17, 15) is 8.42 Å². The predicted molar refractivity (Wildman–Crippen MR) is 81.2 cm³/mol. The first-order chi connectivity index (χ1) is 10.0. The van der Waals surface area contributed by atoms with Gasteiger partial charge in [0.05, 0.1) is 17.4 Å². The van der Waals surface area contributed by atoms with Gasteiger partial charge in [0.2, 0.25) is 10.0 Å². The van der Waals surface area contributed by atoms with E-state index in [1.807, 2.05) is 13.1 Å². The van der Waals surface area contributed by atoms with Crippen LogP contribution in [-0.2, 0) is 16.4 Å². The minimum absolute atomic E-state index is 0.252. The zero-order valence-corrected chi connectivity index (χ0v) is 13.1. The molecule has 0 radical (unpaired) electrons. The standard InChI is InChI=1S/C15H21N3O2S/c1-18-11-3-2-4-14(18)12-17-21(19,20)15-7-5-13(6-8-15)9-10-16/h5-8,14,17H,2-4,9,11-12H2,1H3. The maximum Gasteiger partial charge on any atom is 0.240 e. The number of rotatable bonds is 5. The van der Waals surface area contributed by atoms with E-state index in [2.05, 4.69) is 9.62 Å². The highest BCUT2D eigenvalue weighted by Crippen LogP contribution is 2.16. The highest BCUT2D eigenvalue weighted by Gasteiger charge is 2.21. The Morgan fingerprint density at radius 3 is 2.67 bits per heavy atom. The molecule has 5 nitrogen and oxygen atoms in total. The third kappa shape index (κ3) is 4.27. The first-order valence-corrected chi connectivity index (χ1v) is 8.67. The smallest absolute Gasteiger partial charge is 0.240 e. The molecule has 0 saturated carbocycles. The van der Waals surface area contributed by atoms with Crippen LogP contribution in [0.3, 0.4) is 0 Å². The van der Waals surface area contributed by atoms with Crippen LogP contribution in [0.2, 0.25) is 0 Å². The normalized spacial score (nSPS) is 20.1. The first-order valence-electron chi connectivity index (χ1n) is 7.19. The molecule has 2 rings (SSSR count). The zero-order valence-electron chi connectivity index (χ0n) is 12.2. The fourth-order valence-corrected chi connectivity index (χ4v) is 3.64. The van der Waals surface area contributed by atoms with Crippen molar-refractivity contribution in [2.45, 2.75) is 36.6 Å². The predicted octanol–water partition coefficient (Wildman–Crippen LogP) is 1.52. The summed E-state index contributed by atoms with van der Waals surface area (Å²) in [5.74, 6) is 0. The number of nitriles is 1. The van der Waals surface area contributed by atoms with Crippen molar-refractivity contribution in [2.75, 3.05) is 20.1 Å². The van der Waals surface area contributed by atoms with Crippen molar-refractivity contribution in [1.29, 1.82) is 5.26 Å². The number of hydrogen-bond acceptors (Lipinski definition) is 4.